The maximum absolute atomic E-state index is 12.8. The molecule has 0 radical (unpaired) electrons. The van der Waals surface area contributed by atoms with Gasteiger partial charge in [-0.1, -0.05) is 0 Å². The van der Waals surface area contributed by atoms with Crippen molar-refractivity contribution in [2.75, 3.05) is 18.0 Å². The number of amides is 4. The molecule has 3 heterocycles. The van der Waals surface area contributed by atoms with Gasteiger partial charge in [-0.2, -0.15) is 11.3 Å². The molecule has 1 aliphatic rings. The zero-order chi connectivity index (χ0) is 20.5. The predicted molar refractivity (Wildman–Crippen MR) is 113 cm³/mol. The minimum absolute atomic E-state index is 0.0595. The number of thiophene rings is 1. The fraction of sp³-hybridized carbons (Fsp3) is 0.286. The zero-order valence-corrected chi connectivity index (χ0v) is 17.1. The molecule has 1 aliphatic heterocycles. The van der Waals surface area contributed by atoms with Crippen LogP contribution in [0.4, 0.5) is 10.5 Å². The van der Waals surface area contributed by atoms with Crippen molar-refractivity contribution >= 4 is 45.8 Å². The summed E-state index contributed by atoms with van der Waals surface area (Å²) in [5, 5.41) is 7.36. The fourth-order valence-electron chi connectivity index (χ4n) is 3.68. The van der Waals surface area contributed by atoms with Gasteiger partial charge in [0.1, 0.15) is 12.6 Å². The van der Waals surface area contributed by atoms with Crippen molar-refractivity contribution in [3.8, 4) is 0 Å². The standard InChI is InChI=1S/C21H22N4O3S/c1-3-23(4-2)18(26)12-24-9-7-14-11-16(5-6-17(14)24)25-20(27)19(22-21(25)28)15-8-10-29-13-15/h5-11,13,19H,3-4,12H2,1-2H3,(H,22,28). The van der Waals surface area contributed by atoms with Crippen molar-refractivity contribution < 1.29 is 14.4 Å². The van der Waals surface area contributed by atoms with Crippen LogP contribution in [0, 0.1) is 0 Å². The van der Waals surface area contributed by atoms with Crippen LogP contribution >= 0.6 is 11.3 Å². The summed E-state index contributed by atoms with van der Waals surface area (Å²) in [7, 11) is 0. The van der Waals surface area contributed by atoms with Gasteiger partial charge in [-0.15, -0.1) is 0 Å². The van der Waals surface area contributed by atoms with Crippen molar-refractivity contribution in [3.05, 3.63) is 52.9 Å². The molecule has 4 amide bonds. The van der Waals surface area contributed by atoms with E-state index in [2.05, 4.69) is 5.32 Å². The molecule has 0 bridgehead atoms. The highest BCUT2D eigenvalue weighted by Gasteiger charge is 2.40. The van der Waals surface area contributed by atoms with Crippen LogP contribution in [0.15, 0.2) is 47.3 Å². The van der Waals surface area contributed by atoms with E-state index in [1.165, 1.54) is 16.2 Å². The van der Waals surface area contributed by atoms with Crippen LogP contribution in [-0.2, 0) is 16.1 Å². The minimum atomic E-state index is -0.652. The van der Waals surface area contributed by atoms with Crippen LogP contribution < -0.4 is 10.2 Å². The van der Waals surface area contributed by atoms with Crippen molar-refractivity contribution in [2.45, 2.75) is 26.4 Å². The molecule has 3 aromatic rings. The Morgan fingerprint density at radius 2 is 1.97 bits per heavy atom. The molecule has 1 saturated heterocycles. The van der Waals surface area contributed by atoms with E-state index in [1.54, 1.807) is 17.0 Å². The largest absolute Gasteiger partial charge is 0.342 e. The van der Waals surface area contributed by atoms with Gasteiger partial charge in [0.15, 0.2) is 0 Å². The van der Waals surface area contributed by atoms with Crippen LogP contribution in [0.25, 0.3) is 10.9 Å². The van der Waals surface area contributed by atoms with E-state index >= 15 is 0 Å². The van der Waals surface area contributed by atoms with Crippen molar-refractivity contribution in [2.24, 2.45) is 0 Å². The van der Waals surface area contributed by atoms with E-state index in [1.807, 2.05) is 53.6 Å². The summed E-state index contributed by atoms with van der Waals surface area (Å²) in [5.74, 6) is -0.229. The Morgan fingerprint density at radius 3 is 2.66 bits per heavy atom. The van der Waals surface area contributed by atoms with E-state index in [9.17, 15) is 14.4 Å². The first-order valence-electron chi connectivity index (χ1n) is 9.56. The Bertz CT molecular complexity index is 1070. The summed E-state index contributed by atoms with van der Waals surface area (Å²) in [5.41, 5.74) is 2.19. The summed E-state index contributed by atoms with van der Waals surface area (Å²) < 4.78 is 1.89. The SMILES string of the molecule is CCN(CC)C(=O)Cn1ccc2cc(N3C(=O)NC(c4ccsc4)C3=O)ccc21. The number of nitrogens with zero attached hydrogens (tertiary/aromatic N) is 3. The number of carbonyl (C=O) groups excluding carboxylic acids is 3. The first-order chi connectivity index (χ1) is 14.0. The molecule has 1 atom stereocenters. The zero-order valence-electron chi connectivity index (χ0n) is 16.3. The lowest BCUT2D eigenvalue weighted by Crippen LogP contribution is -2.33. The molecule has 29 heavy (non-hydrogen) atoms. The topological polar surface area (TPSA) is 74.7 Å². The third-order valence-electron chi connectivity index (χ3n) is 5.25. The highest BCUT2D eigenvalue weighted by atomic mass is 32.1. The van der Waals surface area contributed by atoms with Crippen molar-refractivity contribution in [1.82, 2.24) is 14.8 Å². The molecule has 4 rings (SSSR count). The average Bonchev–Trinajstić information content (AvgIpc) is 3.43. The van der Waals surface area contributed by atoms with Gasteiger partial charge in [0, 0.05) is 30.2 Å². The van der Waals surface area contributed by atoms with E-state index in [-0.39, 0.29) is 18.4 Å². The number of urea groups is 1. The summed E-state index contributed by atoms with van der Waals surface area (Å²) in [6.07, 6.45) is 1.86. The third-order valence-corrected chi connectivity index (χ3v) is 5.95. The molecule has 1 unspecified atom stereocenters. The first-order valence-corrected chi connectivity index (χ1v) is 10.5. The number of fused-ring (bicyclic) bond motifs is 1. The molecule has 150 valence electrons. The Morgan fingerprint density at radius 1 is 1.17 bits per heavy atom. The number of imide groups is 1. The van der Waals surface area contributed by atoms with Gasteiger partial charge in [-0.3, -0.25) is 9.59 Å². The normalized spacial score (nSPS) is 16.5. The Labute approximate surface area is 172 Å². The van der Waals surface area contributed by atoms with Gasteiger partial charge in [0.25, 0.3) is 5.91 Å². The van der Waals surface area contributed by atoms with Crippen LogP contribution in [0.2, 0.25) is 0 Å². The van der Waals surface area contributed by atoms with Crippen LogP contribution in [0.3, 0.4) is 0 Å². The van der Waals surface area contributed by atoms with Crippen LogP contribution in [0.1, 0.15) is 25.5 Å². The molecule has 0 saturated carbocycles. The molecular formula is C21H22N4O3S. The summed E-state index contributed by atoms with van der Waals surface area (Å²) in [4.78, 5) is 40.7. The average molecular weight is 410 g/mol. The molecule has 8 heteroatoms. The van der Waals surface area contributed by atoms with E-state index < -0.39 is 12.1 Å². The lowest BCUT2D eigenvalue weighted by Gasteiger charge is -2.19. The molecule has 1 aromatic carbocycles. The summed E-state index contributed by atoms with van der Waals surface area (Å²) in [6, 6.07) is 8.05. The van der Waals surface area contributed by atoms with Gasteiger partial charge < -0.3 is 14.8 Å². The highest BCUT2D eigenvalue weighted by Crippen LogP contribution is 2.30. The third kappa shape index (κ3) is 3.40. The number of anilines is 1. The highest BCUT2D eigenvalue weighted by molar-refractivity contribution is 7.08. The number of carbonyl (C=O) groups is 3. The molecule has 0 spiro atoms. The quantitative estimate of drug-likeness (QED) is 0.633. The number of aromatic nitrogens is 1. The second-order valence-corrected chi connectivity index (χ2v) is 7.65. The van der Waals surface area contributed by atoms with E-state index in [0.717, 1.165) is 16.5 Å². The Balaban J connectivity index is 1.59. The van der Waals surface area contributed by atoms with Gasteiger partial charge in [-0.05, 0) is 60.5 Å². The monoisotopic (exact) mass is 410 g/mol. The number of benzene rings is 1. The van der Waals surface area contributed by atoms with Crippen molar-refractivity contribution in [3.63, 3.8) is 0 Å². The molecular weight excluding hydrogens is 388 g/mol. The van der Waals surface area contributed by atoms with Crippen molar-refractivity contribution in [1.29, 1.82) is 0 Å². The van der Waals surface area contributed by atoms with E-state index in [4.69, 9.17) is 0 Å². The number of hydrogen-bond donors (Lipinski definition) is 1. The molecule has 1 fully saturated rings. The number of likely N-dealkylation sites (N-methyl/N-ethyl adjacent to an activating group) is 1. The Hall–Kier alpha value is -3.13. The van der Waals surface area contributed by atoms with Gasteiger partial charge in [0.05, 0.1) is 5.69 Å². The number of hydrogen-bond acceptors (Lipinski definition) is 4. The summed E-state index contributed by atoms with van der Waals surface area (Å²) in [6.45, 7) is 5.53. The molecule has 0 aliphatic carbocycles. The maximum Gasteiger partial charge on any atom is 0.329 e. The smallest absolute Gasteiger partial charge is 0.329 e. The second kappa shape index (κ2) is 7.71. The number of rotatable bonds is 6. The molecule has 1 N–H and O–H groups in total. The minimum Gasteiger partial charge on any atom is -0.342 e. The van der Waals surface area contributed by atoms with E-state index in [0.29, 0.717) is 18.8 Å². The molecule has 2 aromatic heterocycles. The van der Waals surface area contributed by atoms with Crippen LogP contribution in [-0.4, -0.2) is 40.4 Å². The van der Waals surface area contributed by atoms with Gasteiger partial charge in [0.2, 0.25) is 5.91 Å². The van der Waals surface area contributed by atoms with Gasteiger partial charge >= 0.3 is 6.03 Å². The molecule has 7 nitrogen and oxygen atoms in total. The van der Waals surface area contributed by atoms with Gasteiger partial charge in [-0.25, -0.2) is 9.69 Å². The number of nitrogens with one attached hydrogen (secondary N) is 1. The van der Waals surface area contributed by atoms with Crippen LogP contribution in [0.5, 0.6) is 0 Å². The lowest BCUT2D eigenvalue weighted by atomic mass is 10.1. The summed E-state index contributed by atoms with van der Waals surface area (Å²) >= 11 is 1.49. The first kappa shape index (κ1) is 19.2. The Kier molecular flexibility index (Phi) is 5.10. The maximum atomic E-state index is 12.8. The lowest BCUT2D eigenvalue weighted by molar-refractivity contribution is -0.131. The second-order valence-electron chi connectivity index (χ2n) is 6.87. The predicted octanol–water partition coefficient (Wildman–Crippen LogP) is 3.37. The fourth-order valence-corrected chi connectivity index (χ4v) is 4.36.